The minimum atomic E-state index is -4.43. The van der Waals surface area contributed by atoms with E-state index in [1.54, 1.807) is 7.11 Å². The van der Waals surface area contributed by atoms with Gasteiger partial charge in [-0.25, -0.2) is 4.98 Å². The molecule has 2 rings (SSSR count). The van der Waals surface area contributed by atoms with Crippen molar-refractivity contribution in [3.8, 4) is 0 Å². The van der Waals surface area contributed by atoms with Crippen LogP contribution in [0.15, 0.2) is 12.1 Å². The van der Waals surface area contributed by atoms with Crippen LogP contribution in [0.2, 0.25) is 5.15 Å². The van der Waals surface area contributed by atoms with Gasteiger partial charge in [0.2, 0.25) is 0 Å². The van der Waals surface area contributed by atoms with Crippen molar-refractivity contribution >= 4 is 17.4 Å². The Hall–Kier alpha value is -1.01. The first-order valence-electron chi connectivity index (χ1n) is 5.94. The number of nitrogens with one attached hydrogen (secondary N) is 1. The Morgan fingerprint density at radius 2 is 2.11 bits per heavy atom. The van der Waals surface area contributed by atoms with Gasteiger partial charge in [0.15, 0.2) is 0 Å². The molecule has 0 radical (unpaired) electrons. The normalized spacial score (nSPS) is 23.6. The minimum absolute atomic E-state index is 0.00452. The molecule has 2 atom stereocenters. The van der Waals surface area contributed by atoms with Crippen molar-refractivity contribution in [1.29, 1.82) is 0 Å². The molecule has 7 heteroatoms. The number of anilines is 1. The van der Waals surface area contributed by atoms with Crippen molar-refractivity contribution in [3.05, 3.63) is 22.8 Å². The number of hydrogen-bond acceptors (Lipinski definition) is 3. The fourth-order valence-corrected chi connectivity index (χ4v) is 2.51. The van der Waals surface area contributed by atoms with Gasteiger partial charge < -0.3 is 10.1 Å². The summed E-state index contributed by atoms with van der Waals surface area (Å²) in [5.74, 6) is 0.133. The van der Waals surface area contributed by atoms with Crippen molar-refractivity contribution in [2.24, 2.45) is 0 Å². The molecule has 1 N–H and O–H groups in total. The number of ether oxygens (including phenoxy) is 1. The lowest BCUT2D eigenvalue weighted by Gasteiger charge is -2.20. The molecule has 0 aromatic carbocycles. The van der Waals surface area contributed by atoms with Gasteiger partial charge in [-0.05, 0) is 31.4 Å². The van der Waals surface area contributed by atoms with Crippen LogP contribution >= 0.6 is 11.6 Å². The van der Waals surface area contributed by atoms with E-state index < -0.39 is 11.7 Å². The second-order valence-corrected chi connectivity index (χ2v) is 4.90. The van der Waals surface area contributed by atoms with Crippen molar-refractivity contribution in [2.75, 3.05) is 12.4 Å². The van der Waals surface area contributed by atoms with E-state index in [0.29, 0.717) is 0 Å². The molecule has 2 unspecified atom stereocenters. The van der Waals surface area contributed by atoms with E-state index in [-0.39, 0.29) is 23.1 Å². The predicted octanol–water partition coefficient (Wildman–Crippen LogP) is 3.73. The summed E-state index contributed by atoms with van der Waals surface area (Å²) in [6.07, 6.45) is -1.73. The van der Waals surface area contributed by atoms with Crippen LogP contribution in [0.4, 0.5) is 19.0 Å². The molecule has 0 amide bonds. The van der Waals surface area contributed by atoms with Gasteiger partial charge in [0.1, 0.15) is 11.0 Å². The van der Waals surface area contributed by atoms with Crippen molar-refractivity contribution in [1.82, 2.24) is 4.98 Å². The fraction of sp³-hybridized carbons (Fsp3) is 0.583. The number of rotatable bonds is 3. The Labute approximate surface area is 114 Å². The van der Waals surface area contributed by atoms with E-state index in [4.69, 9.17) is 16.3 Å². The number of hydrogen-bond donors (Lipinski definition) is 1. The molecular formula is C12H14ClF3N2O. The van der Waals surface area contributed by atoms with Crippen LogP contribution in [0.5, 0.6) is 0 Å². The lowest BCUT2D eigenvalue weighted by molar-refractivity contribution is -0.137. The Kier molecular flexibility index (Phi) is 4.20. The van der Waals surface area contributed by atoms with Crippen LogP contribution in [0, 0.1) is 0 Å². The Bertz CT molecular complexity index is 453. The third-order valence-corrected chi connectivity index (χ3v) is 3.40. The maximum atomic E-state index is 12.7. The SMILES string of the molecule is COC1CCCC1Nc1cc(C(F)(F)F)cc(Cl)n1. The van der Waals surface area contributed by atoms with E-state index in [1.807, 2.05) is 0 Å². The number of methoxy groups -OCH3 is 1. The molecule has 0 aliphatic heterocycles. The van der Waals surface area contributed by atoms with Gasteiger partial charge in [0.25, 0.3) is 0 Å². The summed E-state index contributed by atoms with van der Waals surface area (Å²) >= 11 is 5.63. The van der Waals surface area contributed by atoms with Gasteiger partial charge in [0, 0.05) is 7.11 Å². The summed E-state index contributed by atoms with van der Waals surface area (Å²) < 4.78 is 43.3. The molecule has 1 aliphatic rings. The standard InChI is InChI=1S/C12H14ClF3N2O/c1-19-9-4-2-3-8(9)17-11-6-7(12(14,15)16)5-10(13)18-11/h5-6,8-9H,2-4H2,1H3,(H,17,18). The summed E-state index contributed by atoms with van der Waals surface area (Å²) in [7, 11) is 1.59. The monoisotopic (exact) mass is 294 g/mol. The van der Waals surface area contributed by atoms with Crippen LogP contribution < -0.4 is 5.32 Å². The second kappa shape index (κ2) is 5.54. The maximum absolute atomic E-state index is 12.7. The molecule has 0 saturated heterocycles. The molecule has 19 heavy (non-hydrogen) atoms. The zero-order valence-corrected chi connectivity index (χ0v) is 11.1. The second-order valence-electron chi connectivity index (χ2n) is 4.52. The molecule has 0 spiro atoms. The summed E-state index contributed by atoms with van der Waals surface area (Å²) in [5, 5.41) is 2.80. The van der Waals surface area contributed by atoms with Gasteiger partial charge in [0.05, 0.1) is 17.7 Å². The zero-order chi connectivity index (χ0) is 14.0. The van der Waals surface area contributed by atoms with Crippen LogP contribution in [0.1, 0.15) is 24.8 Å². The quantitative estimate of drug-likeness (QED) is 0.863. The largest absolute Gasteiger partial charge is 0.416 e. The predicted molar refractivity (Wildman–Crippen MR) is 66.3 cm³/mol. The highest BCUT2D eigenvalue weighted by atomic mass is 35.5. The van der Waals surface area contributed by atoms with E-state index >= 15 is 0 Å². The lowest BCUT2D eigenvalue weighted by Crippen LogP contribution is -2.30. The third kappa shape index (κ3) is 3.51. The van der Waals surface area contributed by atoms with Gasteiger partial charge in [-0.3, -0.25) is 0 Å². The highest BCUT2D eigenvalue weighted by Gasteiger charge is 2.32. The van der Waals surface area contributed by atoms with Crippen molar-refractivity contribution < 1.29 is 17.9 Å². The molecule has 3 nitrogen and oxygen atoms in total. The minimum Gasteiger partial charge on any atom is -0.379 e. The number of pyridine rings is 1. The number of alkyl halides is 3. The molecule has 1 aromatic rings. The summed E-state index contributed by atoms with van der Waals surface area (Å²) in [6.45, 7) is 0. The van der Waals surface area contributed by atoms with Crippen LogP contribution in [-0.2, 0) is 10.9 Å². The molecule has 106 valence electrons. The van der Waals surface area contributed by atoms with Gasteiger partial charge >= 0.3 is 6.18 Å². The maximum Gasteiger partial charge on any atom is 0.416 e. The summed E-state index contributed by atoms with van der Waals surface area (Å²) in [6, 6.07) is 1.75. The number of halogens is 4. The van der Waals surface area contributed by atoms with E-state index in [0.717, 1.165) is 31.4 Å². The van der Waals surface area contributed by atoms with Gasteiger partial charge in [-0.1, -0.05) is 11.6 Å². The summed E-state index contributed by atoms with van der Waals surface area (Å²) in [5.41, 5.74) is -0.804. The smallest absolute Gasteiger partial charge is 0.379 e. The molecule has 1 aromatic heterocycles. The summed E-state index contributed by atoms with van der Waals surface area (Å²) in [4.78, 5) is 3.88. The van der Waals surface area contributed by atoms with Gasteiger partial charge in [-0.2, -0.15) is 13.2 Å². The molecule has 1 aliphatic carbocycles. The molecule has 0 bridgehead atoms. The molecule has 1 heterocycles. The van der Waals surface area contributed by atoms with Gasteiger partial charge in [-0.15, -0.1) is 0 Å². The van der Waals surface area contributed by atoms with E-state index in [9.17, 15) is 13.2 Å². The topological polar surface area (TPSA) is 34.1 Å². The highest BCUT2D eigenvalue weighted by Crippen LogP contribution is 2.33. The average Bonchev–Trinajstić information content (AvgIpc) is 2.74. The first kappa shape index (κ1) is 14.4. The van der Waals surface area contributed by atoms with E-state index in [2.05, 4.69) is 10.3 Å². The lowest BCUT2D eigenvalue weighted by atomic mass is 10.2. The van der Waals surface area contributed by atoms with E-state index in [1.165, 1.54) is 0 Å². The molecule has 1 saturated carbocycles. The molecular weight excluding hydrogens is 281 g/mol. The fourth-order valence-electron chi connectivity index (χ4n) is 2.30. The first-order valence-corrected chi connectivity index (χ1v) is 6.32. The van der Waals surface area contributed by atoms with Crippen molar-refractivity contribution in [2.45, 2.75) is 37.6 Å². The zero-order valence-electron chi connectivity index (χ0n) is 10.3. The Balaban J connectivity index is 2.18. The highest BCUT2D eigenvalue weighted by molar-refractivity contribution is 6.29. The Morgan fingerprint density at radius 1 is 1.37 bits per heavy atom. The van der Waals surface area contributed by atoms with Crippen LogP contribution in [0.25, 0.3) is 0 Å². The first-order chi connectivity index (χ1) is 8.90. The number of aromatic nitrogens is 1. The molecule has 1 fully saturated rings. The Morgan fingerprint density at radius 3 is 2.74 bits per heavy atom. The third-order valence-electron chi connectivity index (χ3n) is 3.21. The van der Waals surface area contributed by atoms with Crippen LogP contribution in [0.3, 0.4) is 0 Å². The van der Waals surface area contributed by atoms with Crippen molar-refractivity contribution in [3.63, 3.8) is 0 Å². The van der Waals surface area contributed by atoms with Crippen LogP contribution in [-0.4, -0.2) is 24.2 Å². The number of nitrogens with zero attached hydrogens (tertiary/aromatic N) is 1. The average molecular weight is 295 g/mol.